The van der Waals surface area contributed by atoms with Crippen molar-refractivity contribution in [2.75, 3.05) is 20.7 Å². The molecule has 1 saturated carbocycles. The van der Waals surface area contributed by atoms with E-state index in [9.17, 15) is 0 Å². The van der Waals surface area contributed by atoms with E-state index in [-0.39, 0.29) is 29.6 Å². The Balaban J connectivity index is 0.00000242. The largest absolute Gasteiger partial charge is 0.377 e. The number of nitrogens with zero attached hydrogens (tertiary/aromatic N) is 1. The predicted molar refractivity (Wildman–Crippen MR) is 104 cm³/mol. The summed E-state index contributed by atoms with van der Waals surface area (Å²) in [7, 11) is 3.50. The van der Waals surface area contributed by atoms with Gasteiger partial charge in [0.05, 0.1) is 5.60 Å². The minimum atomic E-state index is -0.215. The number of ether oxygens (including phenoxy) is 1. The van der Waals surface area contributed by atoms with Crippen molar-refractivity contribution in [3.63, 3.8) is 0 Å². The summed E-state index contributed by atoms with van der Waals surface area (Å²) < 4.78 is 5.40. The van der Waals surface area contributed by atoms with Crippen LogP contribution < -0.4 is 10.6 Å². The van der Waals surface area contributed by atoms with E-state index >= 15 is 0 Å². The highest BCUT2D eigenvalue weighted by molar-refractivity contribution is 14.0. The summed E-state index contributed by atoms with van der Waals surface area (Å²) in [5, 5.41) is 7.54. The van der Waals surface area contributed by atoms with Gasteiger partial charge >= 0.3 is 0 Å². The number of rotatable bonds is 5. The van der Waals surface area contributed by atoms with Crippen LogP contribution in [0.15, 0.2) is 29.3 Å². The van der Waals surface area contributed by atoms with Gasteiger partial charge in [-0.05, 0) is 38.0 Å². The molecular formula is C16H25ClIN3O. The first-order chi connectivity index (χ1) is 9.95. The summed E-state index contributed by atoms with van der Waals surface area (Å²) >= 11 is 6.04. The average Bonchev–Trinajstić information content (AvgIpc) is 3.23. The summed E-state index contributed by atoms with van der Waals surface area (Å²) in [5.74, 6) is 1.33. The van der Waals surface area contributed by atoms with Crippen LogP contribution in [0, 0.1) is 0 Å². The Labute approximate surface area is 155 Å². The maximum Gasteiger partial charge on any atom is 0.191 e. The van der Waals surface area contributed by atoms with Gasteiger partial charge in [-0.2, -0.15) is 0 Å². The van der Waals surface area contributed by atoms with Gasteiger partial charge in [-0.3, -0.25) is 4.99 Å². The Bertz CT molecular complexity index is 522. The molecule has 124 valence electrons. The number of benzene rings is 1. The van der Waals surface area contributed by atoms with Crippen LogP contribution >= 0.6 is 35.6 Å². The van der Waals surface area contributed by atoms with Crippen molar-refractivity contribution < 1.29 is 4.74 Å². The molecule has 6 heteroatoms. The summed E-state index contributed by atoms with van der Waals surface area (Å²) in [5.41, 5.74) is 1.07. The van der Waals surface area contributed by atoms with Crippen molar-refractivity contribution in [2.24, 2.45) is 4.99 Å². The standard InChI is InChI=1S/C16H24ClN3O.HI/c1-16(2,21-4)10-19-15(18-3)20-14-9-13(14)11-6-5-7-12(17)8-11;/h5-8,13-14H,9-10H2,1-4H3,(H2,18,19,20);1H. The molecule has 4 nitrogen and oxygen atoms in total. The van der Waals surface area contributed by atoms with Crippen molar-refractivity contribution in [1.29, 1.82) is 0 Å². The Morgan fingerprint density at radius 2 is 2.18 bits per heavy atom. The van der Waals surface area contributed by atoms with Gasteiger partial charge < -0.3 is 15.4 Å². The smallest absolute Gasteiger partial charge is 0.191 e. The number of halogens is 2. The normalized spacial score (nSPS) is 21.0. The molecule has 0 radical (unpaired) electrons. The molecule has 0 amide bonds. The summed E-state index contributed by atoms with van der Waals surface area (Å²) in [6.07, 6.45) is 1.11. The zero-order valence-electron chi connectivity index (χ0n) is 13.5. The van der Waals surface area contributed by atoms with Crippen LogP contribution in [0.3, 0.4) is 0 Å². The lowest BCUT2D eigenvalue weighted by atomic mass is 10.1. The van der Waals surface area contributed by atoms with E-state index in [0.29, 0.717) is 18.5 Å². The van der Waals surface area contributed by atoms with Gasteiger partial charge in [0.2, 0.25) is 0 Å². The van der Waals surface area contributed by atoms with E-state index in [1.54, 1.807) is 14.2 Å². The second-order valence-corrected chi connectivity index (χ2v) is 6.47. The van der Waals surface area contributed by atoms with Gasteiger partial charge in [0.25, 0.3) is 0 Å². The highest BCUT2D eigenvalue weighted by Gasteiger charge is 2.39. The van der Waals surface area contributed by atoms with E-state index in [1.807, 2.05) is 32.0 Å². The molecule has 2 N–H and O–H groups in total. The van der Waals surface area contributed by atoms with Crippen LogP contribution in [-0.2, 0) is 4.74 Å². The quantitative estimate of drug-likeness (QED) is 0.422. The highest BCUT2D eigenvalue weighted by atomic mass is 127. The maximum absolute atomic E-state index is 6.04. The van der Waals surface area contributed by atoms with Crippen LogP contribution in [0.1, 0.15) is 31.7 Å². The molecule has 0 aromatic heterocycles. The molecule has 2 rings (SSSR count). The third kappa shape index (κ3) is 5.59. The molecule has 0 bridgehead atoms. The molecule has 0 spiro atoms. The van der Waals surface area contributed by atoms with Crippen molar-refractivity contribution >= 4 is 41.5 Å². The Hall–Kier alpha value is -0.530. The monoisotopic (exact) mass is 437 g/mol. The van der Waals surface area contributed by atoms with Gasteiger partial charge in [-0.25, -0.2) is 0 Å². The second-order valence-electron chi connectivity index (χ2n) is 6.04. The third-order valence-electron chi connectivity index (χ3n) is 3.85. The molecule has 0 heterocycles. The Morgan fingerprint density at radius 1 is 1.45 bits per heavy atom. The molecule has 0 aliphatic heterocycles. The molecule has 2 atom stereocenters. The van der Waals surface area contributed by atoms with E-state index in [2.05, 4.69) is 21.7 Å². The van der Waals surface area contributed by atoms with Gasteiger partial charge in [-0.1, -0.05) is 23.7 Å². The number of hydrogen-bond donors (Lipinski definition) is 2. The molecule has 1 aliphatic carbocycles. The summed E-state index contributed by atoms with van der Waals surface area (Å²) in [6.45, 7) is 4.79. The molecule has 1 aromatic carbocycles. The molecule has 1 fully saturated rings. The fourth-order valence-electron chi connectivity index (χ4n) is 2.20. The van der Waals surface area contributed by atoms with Crippen LogP contribution in [0.4, 0.5) is 0 Å². The van der Waals surface area contributed by atoms with Crippen molar-refractivity contribution in [3.05, 3.63) is 34.9 Å². The summed E-state index contributed by atoms with van der Waals surface area (Å²) in [4.78, 5) is 4.26. The lowest BCUT2D eigenvalue weighted by Gasteiger charge is -2.24. The molecule has 0 saturated heterocycles. The average molecular weight is 438 g/mol. The Morgan fingerprint density at radius 3 is 2.77 bits per heavy atom. The molecule has 22 heavy (non-hydrogen) atoms. The fraction of sp³-hybridized carbons (Fsp3) is 0.562. The van der Waals surface area contributed by atoms with Gasteiger partial charge in [0.1, 0.15) is 0 Å². The molecule has 1 aliphatic rings. The molecule has 1 aromatic rings. The van der Waals surface area contributed by atoms with E-state index in [1.165, 1.54) is 5.56 Å². The first kappa shape index (κ1) is 19.5. The van der Waals surface area contributed by atoms with Crippen molar-refractivity contribution in [2.45, 2.75) is 37.8 Å². The zero-order chi connectivity index (χ0) is 15.5. The molecule has 2 unspecified atom stereocenters. The van der Waals surface area contributed by atoms with Crippen LogP contribution in [0.25, 0.3) is 0 Å². The van der Waals surface area contributed by atoms with E-state index in [0.717, 1.165) is 17.4 Å². The number of aliphatic imine (C=N–C) groups is 1. The lowest BCUT2D eigenvalue weighted by molar-refractivity contribution is 0.0268. The van der Waals surface area contributed by atoms with Gasteiger partial charge in [0.15, 0.2) is 5.96 Å². The first-order valence-electron chi connectivity index (χ1n) is 7.23. The fourth-order valence-corrected chi connectivity index (χ4v) is 2.40. The van der Waals surface area contributed by atoms with Gasteiger partial charge in [-0.15, -0.1) is 24.0 Å². The Kier molecular flexibility index (Phi) is 7.41. The lowest BCUT2D eigenvalue weighted by Crippen LogP contribution is -2.46. The van der Waals surface area contributed by atoms with E-state index in [4.69, 9.17) is 16.3 Å². The minimum Gasteiger partial charge on any atom is -0.377 e. The number of hydrogen-bond acceptors (Lipinski definition) is 2. The zero-order valence-corrected chi connectivity index (χ0v) is 16.6. The number of guanidine groups is 1. The SMILES string of the molecule is CN=C(NCC(C)(C)OC)NC1CC1c1cccc(Cl)c1.I. The van der Waals surface area contributed by atoms with Gasteiger partial charge in [0, 0.05) is 37.7 Å². The third-order valence-corrected chi connectivity index (χ3v) is 4.08. The highest BCUT2D eigenvalue weighted by Crippen LogP contribution is 2.41. The van der Waals surface area contributed by atoms with Crippen molar-refractivity contribution in [3.8, 4) is 0 Å². The van der Waals surface area contributed by atoms with Crippen molar-refractivity contribution in [1.82, 2.24) is 10.6 Å². The van der Waals surface area contributed by atoms with E-state index < -0.39 is 0 Å². The summed E-state index contributed by atoms with van der Waals surface area (Å²) in [6, 6.07) is 8.49. The van der Waals surface area contributed by atoms with Crippen LogP contribution in [0.5, 0.6) is 0 Å². The second kappa shape index (κ2) is 8.36. The van der Waals surface area contributed by atoms with Crippen LogP contribution in [-0.4, -0.2) is 38.3 Å². The first-order valence-corrected chi connectivity index (χ1v) is 7.61. The number of methoxy groups -OCH3 is 1. The predicted octanol–water partition coefficient (Wildman–Crippen LogP) is 3.40. The minimum absolute atomic E-state index is 0. The topological polar surface area (TPSA) is 45.7 Å². The van der Waals surface area contributed by atoms with Crippen LogP contribution in [0.2, 0.25) is 5.02 Å². The number of nitrogens with one attached hydrogen (secondary N) is 2. The maximum atomic E-state index is 6.04. The molecular weight excluding hydrogens is 413 g/mol.